The summed E-state index contributed by atoms with van der Waals surface area (Å²) in [6, 6.07) is 5.31. The molecular weight excluding hydrogens is 220 g/mol. The predicted octanol–water partition coefficient (Wildman–Crippen LogP) is 2.46. The normalized spacial score (nSPS) is 10.0. The molecule has 0 fully saturated rings. The first kappa shape index (κ1) is 7.32. The smallest absolute Gasteiger partial charge is 0.206 e. The van der Waals surface area contributed by atoms with Gasteiger partial charge in [0.25, 0.3) is 0 Å². The molecule has 2 aromatic heterocycles. The summed E-state index contributed by atoms with van der Waals surface area (Å²) in [6.07, 6.45) is 1.67. The third-order valence-electron chi connectivity index (χ3n) is 1.45. The molecule has 0 amide bonds. The molecule has 3 nitrogen and oxygen atoms in total. The van der Waals surface area contributed by atoms with Crippen LogP contribution in [0.4, 0.5) is 0 Å². The van der Waals surface area contributed by atoms with Crippen LogP contribution in [0.5, 0.6) is 0 Å². The Labute approximate surface area is 76.8 Å². The van der Waals surface area contributed by atoms with Gasteiger partial charge in [-0.05, 0) is 22.0 Å². The average Bonchev–Trinajstić information content (AvgIpc) is 2.46. The van der Waals surface area contributed by atoms with Crippen LogP contribution >= 0.6 is 15.9 Å². The standard InChI is InChI=1S/C8H3BrN2O/c9-5-1-8-7(11-4-5)2-6(3-10)12-8/h1-2,4H. The van der Waals surface area contributed by atoms with Gasteiger partial charge in [-0.2, -0.15) is 5.26 Å². The van der Waals surface area contributed by atoms with Gasteiger partial charge in [-0.25, -0.2) is 0 Å². The number of nitriles is 1. The first-order chi connectivity index (χ1) is 5.79. The maximum atomic E-state index is 8.52. The van der Waals surface area contributed by atoms with Gasteiger partial charge in [-0.1, -0.05) is 0 Å². The zero-order chi connectivity index (χ0) is 8.55. The van der Waals surface area contributed by atoms with Crippen molar-refractivity contribution in [2.75, 3.05) is 0 Å². The monoisotopic (exact) mass is 222 g/mol. The number of rotatable bonds is 0. The van der Waals surface area contributed by atoms with Crippen molar-refractivity contribution in [2.24, 2.45) is 0 Å². The van der Waals surface area contributed by atoms with Crippen LogP contribution in [0.1, 0.15) is 5.76 Å². The highest BCUT2D eigenvalue weighted by molar-refractivity contribution is 9.10. The molecule has 2 aromatic rings. The van der Waals surface area contributed by atoms with Gasteiger partial charge >= 0.3 is 0 Å². The fraction of sp³-hybridized carbons (Fsp3) is 0. The summed E-state index contributed by atoms with van der Waals surface area (Å²) in [5, 5.41) is 8.52. The highest BCUT2D eigenvalue weighted by atomic mass is 79.9. The van der Waals surface area contributed by atoms with Gasteiger partial charge in [-0.3, -0.25) is 4.98 Å². The van der Waals surface area contributed by atoms with E-state index in [4.69, 9.17) is 9.68 Å². The molecule has 0 spiro atoms. The van der Waals surface area contributed by atoms with Crippen LogP contribution in [-0.4, -0.2) is 4.98 Å². The Kier molecular flexibility index (Phi) is 1.59. The lowest BCUT2D eigenvalue weighted by atomic mass is 10.4. The van der Waals surface area contributed by atoms with E-state index in [1.807, 2.05) is 6.07 Å². The average molecular weight is 223 g/mol. The number of halogens is 1. The zero-order valence-electron chi connectivity index (χ0n) is 5.91. The summed E-state index contributed by atoms with van der Waals surface area (Å²) in [5.41, 5.74) is 1.33. The van der Waals surface area contributed by atoms with Gasteiger partial charge in [0.05, 0.1) is 0 Å². The van der Waals surface area contributed by atoms with Crippen LogP contribution in [0.15, 0.2) is 27.2 Å². The first-order valence-electron chi connectivity index (χ1n) is 3.25. The molecule has 0 unspecified atom stereocenters. The van der Waals surface area contributed by atoms with Crippen molar-refractivity contribution in [1.82, 2.24) is 4.98 Å². The third-order valence-corrected chi connectivity index (χ3v) is 1.88. The Morgan fingerprint density at radius 1 is 1.50 bits per heavy atom. The molecule has 0 aliphatic heterocycles. The van der Waals surface area contributed by atoms with E-state index < -0.39 is 0 Å². The Hall–Kier alpha value is -1.34. The highest BCUT2D eigenvalue weighted by Crippen LogP contribution is 2.20. The molecule has 0 saturated carbocycles. The van der Waals surface area contributed by atoms with Crippen molar-refractivity contribution in [3.05, 3.63) is 28.6 Å². The summed E-state index contributed by atoms with van der Waals surface area (Å²) < 4.78 is 5.99. The number of aromatic nitrogens is 1. The number of nitrogens with zero attached hydrogens (tertiary/aromatic N) is 2. The molecule has 0 bridgehead atoms. The molecule has 4 heteroatoms. The minimum atomic E-state index is 0.288. The van der Waals surface area contributed by atoms with Crippen LogP contribution < -0.4 is 0 Å². The van der Waals surface area contributed by atoms with E-state index in [2.05, 4.69) is 20.9 Å². The van der Waals surface area contributed by atoms with Gasteiger partial charge in [0.2, 0.25) is 5.76 Å². The van der Waals surface area contributed by atoms with Crippen molar-refractivity contribution in [2.45, 2.75) is 0 Å². The number of pyridine rings is 1. The minimum absolute atomic E-state index is 0.288. The molecule has 2 heterocycles. The molecule has 0 aliphatic carbocycles. The van der Waals surface area contributed by atoms with Crippen molar-refractivity contribution in [3.8, 4) is 6.07 Å². The second-order valence-corrected chi connectivity index (χ2v) is 3.18. The number of furan rings is 1. The maximum Gasteiger partial charge on any atom is 0.206 e. The quantitative estimate of drug-likeness (QED) is 0.689. The Morgan fingerprint density at radius 3 is 3.08 bits per heavy atom. The fourth-order valence-electron chi connectivity index (χ4n) is 0.949. The van der Waals surface area contributed by atoms with Crippen LogP contribution in [0, 0.1) is 11.3 Å². The number of hydrogen-bond donors (Lipinski definition) is 0. The molecule has 58 valence electrons. The lowest BCUT2D eigenvalue weighted by Crippen LogP contribution is -1.70. The lowest BCUT2D eigenvalue weighted by molar-refractivity contribution is 0.599. The molecule has 0 aromatic carbocycles. The Balaban J connectivity index is 2.77. The molecular formula is C8H3BrN2O. The van der Waals surface area contributed by atoms with E-state index in [0.29, 0.717) is 11.1 Å². The maximum absolute atomic E-state index is 8.52. The summed E-state index contributed by atoms with van der Waals surface area (Å²) >= 11 is 3.26. The molecule has 0 atom stereocenters. The van der Waals surface area contributed by atoms with Crippen molar-refractivity contribution in [3.63, 3.8) is 0 Å². The van der Waals surface area contributed by atoms with Crippen LogP contribution in [-0.2, 0) is 0 Å². The Bertz CT molecular complexity index is 469. The van der Waals surface area contributed by atoms with E-state index in [9.17, 15) is 0 Å². The molecule has 0 radical (unpaired) electrons. The van der Waals surface area contributed by atoms with Gasteiger partial charge in [-0.15, -0.1) is 0 Å². The minimum Gasteiger partial charge on any atom is -0.444 e. The van der Waals surface area contributed by atoms with E-state index in [1.54, 1.807) is 18.3 Å². The second kappa shape index (κ2) is 2.61. The van der Waals surface area contributed by atoms with E-state index in [0.717, 1.165) is 4.47 Å². The van der Waals surface area contributed by atoms with E-state index in [1.165, 1.54) is 0 Å². The molecule has 0 saturated heterocycles. The molecule has 0 N–H and O–H groups in total. The summed E-state index contributed by atoms with van der Waals surface area (Å²) in [7, 11) is 0. The summed E-state index contributed by atoms with van der Waals surface area (Å²) in [4.78, 5) is 4.06. The van der Waals surface area contributed by atoms with E-state index in [-0.39, 0.29) is 5.76 Å². The predicted molar refractivity (Wildman–Crippen MR) is 46.4 cm³/mol. The largest absolute Gasteiger partial charge is 0.444 e. The van der Waals surface area contributed by atoms with Gasteiger partial charge < -0.3 is 4.42 Å². The zero-order valence-corrected chi connectivity index (χ0v) is 7.50. The molecule has 0 aliphatic rings. The summed E-state index contributed by atoms with van der Waals surface area (Å²) in [5.74, 6) is 0.288. The van der Waals surface area contributed by atoms with E-state index >= 15 is 0 Å². The summed E-state index contributed by atoms with van der Waals surface area (Å²) in [6.45, 7) is 0. The van der Waals surface area contributed by atoms with Crippen LogP contribution in [0.25, 0.3) is 11.1 Å². The topological polar surface area (TPSA) is 49.8 Å². The molecule has 2 rings (SSSR count). The van der Waals surface area contributed by atoms with Crippen molar-refractivity contribution >= 4 is 27.0 Å². The second-order valence-electron chi connectivity index (χ2n) is 2.26. The van der Waals surface area contributed by atoms with Gasteiger partial charge in [0, 0.05) is 16.7 Å². The molecule has 12 heavy (non-hydrogen) atoms. The van der Waals surface area contributed by atoms with Crippen LogP contribution in [0.3, 0.4) is 0 Å². The van der Waals surface area contributed by atoms with Crippen molar-refractivity contribution < 1.29 is 4.42 Å². The number of hydrogen-bond acceptors (Lipinski definition) is 3. The van der Waals surface area contributed by atoms with Crippen molar-refractivity contribution in [1.29, 1.82) is 5.26 Å². The SMILES string of the molecule is N#Cc1cc2ncc(Br)cc2o1. The first-order valence-corrected chi connectivity index (χ1v) is 4.04. The fourth-order valence-corrected chi connectivity index (χ4v) is 1.26. The number of fused-ring (bicyclic) bond motifs is 1. The lowest BCUT2D eigenvalue weighted by Gasteiger charge is -1.86. The van der Waals surface area contributed by atoms with Gasteiger partial charge in [0.15, 0.2) is 5.58 Å². The Morgan fingerprint density at radius 2 is 2.33 bits per heavy atom. The van der Waals surface area contributed by atoms with Crippen LogP contribution in [0.2, 0.25) is 0 Å². The highest BCUT2D eigenvalue weighted by Gasteiger charge is 2.03. The van der Waals surface area contributed by atoms with Gasteiger partial charge in [0.1, 0.15) is 11.6 Å². The third kappa shape index (κ3) is 1.08.